The van der Waals surface area contributed by atoms with Gasteiger partial charge in [0, 0.05) is 13.1 Å². The lowest BCUT2D eigenvalue weighted by molar-refractivity contribution is -0.138. The molecule has 1 N–H and O–H groups in total. The van der Waals surface area contributed by atoms with Crippen LogP contribution in [0.2, 0.25) is 0 Å². The molecule has 7 nitrogen and oxygen atoms in total. The minimum absolute atomic E-state index is 0.259. The van der Waals surface area contributed by atoms with E-state index in [1.165, 1.54) is 4.90 Å². The molecule has 0 saturated carbocycles. The van der Waals surface area contributed by atoms with Crippen molar-refractivity contribution in [3.63, 3.8) is 0 Å². The molecule has 2 amide bonds. The number of sulfonamides is 1. The van der Waals surface area contributed by atoms with Crippen LogP contribution in [-0.4, -0.2) is 57.1 Å². The molecule has 0 heterocycles. The molecule has 0 aliphatic heterocycles. The van der Waals surface area contributed by atoms with Crippen molar-refractivity contribution >= 4 is 27.5 Å². The van der Waals surface area contributed by atoms with Crippen molar-refractivity contribution in [1.82, 2.24) is 10.2 Å². The van der Waals surface area contributed by atoms with E-state index in [-0.39, 0.29) is 18.4 Å². The Hall–Kier alpha value is -2.87. The van der Waals surface area contributed by atoms with Crippen LogP contribution < -0.4 is 9.62 Å². The van der Waals surface area contributed by atoms with Gasteiger partial charge in [-0.2, -0.15) is 0 Å². The first-order chi connectivity index (χ1) is 15.1. The zero-order chi connectivity index (χ0) is 23.7. The van der Waals surface area contributed by atoms with Crippen LogP contribution in [0, 0.1) is 5.92 Å². The zero-order valence-electron chi connectivity index (χ0n) is 19.2. The molecule has 0 fully saturated rings. The normalized spacial score (nSPS) is 12.3. The van der Waals surface area contributed by atoms with Gasteiger partial charge >= 0.3 is 0 Å². The van der Waals surface area contributed by atoms with Gasteiger partial charge < -0.3 is 10.2 Å². The molecule has 0 spiro atoms. The van der Waals surface area contributed by atoms with E-state index in [2.05, 4.69) is 5.32 Å². The monoisotopic (exact) mass is 459 g/mol. The third-order valence-electron chi connectivity index (χ3n) is 5.06. The van der Waals surface area contributed by atoms with Crippen molar-refractivity contribution in [2.24, 2.45) is 5.92 Å². The number of carbonyl (C=O) groups excluding carboxylic acids is 2. The van der Waals surface area contributed by atoms with Crippen LogP contribution >= 0.6 is 0 Å². The lowest BCUT2D eigenvalue weighted by Gasteiger charge is -2.31. The molecule has 2 aromatic rings. The molecule has 2 aromatic carbocycles. The second-order valence-corrected chi connectivity index (χ2v) is 10.1. The van der Waals surface area contributed by atoms with Gasteiger partial charge in [0.1, 0.15) is 12.6 Å². The highest BCUT2D eigenvalue weighted by Gasteiger charge is 2.29. The summed E-state index contributed by atoms with van der Waals surface area (Å²) in [6, 6.07) is 17.4. The molecule has 8 heteroatoms. The van der Waals surface area contributed by atoms with Crippen LogP contribution in [0.5, 0.6) is 0 Å². The third-order valence-corrected chi connectivity index (χ3v) is 6.20. The fourth-order valence-electron chi connectivity index (χ4n) is 3.23. The van der Waals surface area contributed by atoms with Gasteiger partial charge in [-0.1, -0.05) is 62.4 Å². The second-order valence-electron chi connectivity index (χ2n) is 8.24. The van der Waals surface area contributed by atoms with Gasteiger partial charge in [0.2, 0.25) is 21.8 Å². The summed E-state index contributed by atoms with van der Waals surface area (Å²) in [5, 5.41) is 2.87. The van der Waals surface area contributed by atoms with Crippen molar-refractivity contribution in [2.75, 3.05) is 30.2 Å². The van der Waals surface area contributed by atoms with E-state index in [0.717, 1.165) is 16.1 Å². The summed E-state index contributed by atoms with van der Waals surface area (Å²) in [5.74, 6) is -0.411. The highest BCUT2D eigenvalue weighted by atomic mass is 32.2. The molecular formula is C24H33N3O4S. The van der Waals surface area contributed by atoms with Crippen LogP contribution in [0.4, 0.5) is 5.69 Å². The summed E-state index contributed by atoms with van der Waals surface area (Å²) in [5.41, 5.74) is 1.44. The summed E-state index contributed by atoms with van der Waals surface area (Å²) in [6.45, 7) is 6.08. The predicted molar refractivity (Wildman–Crippen MR) is 128 cm³/mol. The van der Waals surface area contributed by atoms with Crippen molar-refractivity contribution < 1.29 is 18.0 Å². The van der Waals surface area contributed by atoms with E-state index in [9.17, 15) is 18.0 Å². The molecule has 0 saturated heterocycles. The number of nitrogens with one attached hydrogen (secondary N) is 1. The van der Waals surface area contributed by atoms with E-state index in [1.54, 1.807) is 37.3 Å². The largest absolute Gasteiger partial charge is 0.354 e. The number of para-hydroxylation sites is 1. The number of carbonyl (C=O) groups is 2. The first-order valence-electron chi connectivity index (χ1n) is 10.7. The maximum Gasteiger partial charge on any atom is 0.244 e. The number of rotatable bonds is 11. The number of amides is 2. The van der Waals surface area contributed by atoms with Gasteiger partial charge in [-0.15, -0.1) is 0 Å². The Morgan fingerprint density at radius 1 is 0.938 bits per heavy atom. The Bertz CT molecular complexity index is 979. The van der Waals surface area contributed by atoms with Gasteiger partial charge in [-0.05, 0) is 37.0 Å². The fourth-order valence-corrected chi connectivity index (χ4v) is 4.08. The van der Waals surface area contributed by atoms with Crippen LogP contribution in [0.1, 0.15) is 26.3 Å². The van der Waals surface area contributed by atoms with E-state index in [1.807, 2.05) is 44.2 Å². The maximum atomic E-state index is 13.3. The number of nitrogens with zero attached hydrogens (tertiary/aromatic N) is 2. The van der Waals surface area contributed by atoms with Crippen molar-refractivity contribution in [2.45, 2.75) is 33.2 Å². The molecule has 0 aliphatic rings. The summed E-state index contributed by atoms with van der Waals surface area (Å²) < 4.78 is 25.9. The number of hydrogen-bond donors (Lipinski definition) is 1. The average molecular weight is 460 g/mol. The molecule has 32 heavy (non-hydrogen) atoms. The van der Waals surface area contributed by atoms with Gasteiger partial charge in [0.15, 0.2) is 0 Å². The number of benzene rings is 2. The fraction of sp³-hybridized carbons (Fsp3) is 0.417. The molecule has 174 valence electrons. The quantitative estimate of drug-likeness (QED) is 0.560. The Morgan fingerprint density at radius 3 is 2.03 bits per heavy atom. The maximum absolute atomic E-state index is 13.3. The summed E-state index contributed by atoms with van der Waals surface area (Å²) in [7, 11) is -3.70. The first kappa shape index (κ1) is 25.4. The highest BCUT2D eigenvalue weighted by Crippen LogP contribution is 2.17. The molecular weight excluding hydrogens is 426 g/mol. The van der Waals surface area contributed by atoms with Crippen molar-refractivity contribution in [1.29, 1.82) is 0 Å². The standard InChI is InChI=1S/C24H33N3O4S/c1-19(2)17-25-24(29)20(3)26(16-15-21-11-7-5-8-12-21)23(28)18-27(32(4,30)31)22-13-9-6-10-14-22/h5-14,19-20H,15-18H2,1-4H3,(H,25,29)/t20-/m0/s1. The van der Waals surface area contributed by atoms with Crippen molar-refractivity contribution in [3.05, 3.63) is 66.2 Å². The Labute approximate surface area is 191 Å². The summed E-state index contributed by atoms with van der Waals surface area (Å²) in [6.07, 6.45) is 1.62. The Balaban J connectivity index is 2.25. The Morgan fingerprint density at radius 2 is 1.50 bits per heavy atom. The number of anilines is 1. The van der Waals surface area contributed by atoms with Crippen LogP contribution in [0.3, 0.4) is 0 Å². The summed E-state index contributed by atoms with van der Waals surface area (Å²) in [4.78, 5) is 27.5. The average Bonchev–Trinajstić information content (AvgIpc) is 2.76. The van der Waals surface area contributed by atoms with Crippen molar-refractivity contribution in [3.8, 4) is 0 Å². The van der Waals surface area contributed by atoms with Gasteiger partial charge in [0.05, 0.1) is 11.9 Å². The van der Waals surface area contributed by atoms with Gasteiger partial charge in [-0.25, -0.2) is 8.42 Å². The SMILES string of the molecule is CC(C)CNC(=O)[C@H](C)N(CCc1ccccc1)C(=O)CN(c1ccccc1)S(C)(=O)=O. The lowest BCUT2D eigenvalue weighted by Crippen LogP contribution is -2.52. The second kappa shape index (κ2) is 11.7. The molecule has 2 rings (SSSR count). The minimum atomic E-state index is -3.70. The zero-order valence-corrected chi connectivity index (χ0v) is 20.0. The topological polar surface area (TPSA) is 86.8 Å². The van der Waals surface area contributed by atoms with Gasteiger partial charge in [0.25, 0.3) is 0 Å². The van der Waals surface area contributed by atoms with Crippen LogP contribution in [0.25, 0.3) is 0 Å². The van der Waals surface area contributed by atoms with Gasteiger partial charge in [-0.3, -0.25) is 13.9 Å². The lowest BCUT2D eigenvalue weighted by atomic mass is 10.1. The smallest absolute Gasteiger partial charge is 0.244 e. The Kier molecular flexibility index (Phi) is 9.26. The molecule has 0 aromatic heterocycles. The summed E-state index contributed by atoms with van der Waals surface area (Å²) >= 11 is 0. The highest BCUT2D eigenvalue weighted by molar-refractivity contribution is 7.92. The third kappa shape index (κ3) is 7.67. The predicted octanol–water partition coefficient (Wildman–Crippen LogP) is 2.68. The van der Waals surface area contributed by atoms with E-state index in [0.29, 0.717) is 25.2 Å². The van der Waals surface area contributed by atoms with Crippen LogP contribution in [0.15, 0.2) is 60.7 Å². The molecule has 0 bridgehead atoms. The molecule has 0 radical (unpaired) electrons. The van der Waals surface area contributed by atoms with E-state index in [4.69, 9.17) is 0 Å². The van der Waals surface area contributed by atoms with E-state index < -0.39 is 22.0 Å². The molecule has 0 aliphatic carbocycles. The van der Waals surface area contributed by atoms with Crippen LogP contribution in [-0.2, 0) is 26.0 Å². The minimum Gasteiger partial charge on any atom is -0.354 e. The van der Waals surface area contributed by atoms with E-state index >= 15 is 0 Å². The first-order valence-corrected chi connectivity index (χ1v) is 12.6. The molecule has 1 atom stereocenters. The molecule has 0 unspecified atom stereocenters. The number of hydrogen-bond acceptors (Lipinski definition) is 4.